The normalized spacial score (nSPS) is 10.2. The van der Waals surface area contributed by atoms with E-state index < -0.39 is 22.2 Å². The Kier molecular flexibility index (Phi) is 4.32. The average Bonchev–Trinajstić information content (AvgIpc) is 2.46. The molecule has 0 aliphatic carbocycles. The Labute approximate surface area is 119 Å². The maximum absolute atomic E-state index is 13.7. The molecule has 0 bridgehead atoms. The van der Waals surface area contributed by atoms with Crippen molar-refractivity contribution in [1.29, 1.82) is 0 Å². The van der Waals surface area contributed by atoms with Gasteiger partial charge in [-0.1, -0.05) is 12.1 Å². The molecule has 0 heterocycles. The lowest BCUT2D eigenvalue weighted by Crippen LogP contribution is -2.05. The number of halogens is 2. The third kappa shape index (κ3) is 3.44. The molecule has 0 spiro atoms. The molecule has 0 amide bonds. The van der Waals surface area contributed by atoms with E-state index in [4.69, 9.17) is 4.74 Å². The zero-order valence-corrected chi connectivity index (χ0v) is 11.1. The van der Waals surface area contributed by atoms with E-state index in [0.29, 0.717) is 17.9 Å². The van der Waals surface area contributed by atoms with E-state index >= 15 is 0 Å². The Balaban J connectivity index is 2.20. The molecule has 2 rings (SSSR count). The van der Waals surface area contributed by atoms with Crippen LogP contribution in [0.5, 0.6) is 5.75 Å². The van der Waals surface area contributed by atoms with Gasteiger partial charge < -0.3 is 10.1 Å². The molecular formula is C14H12F2N2O3. The number of ether oxygens (including phenoxy) is 1. The highest BCUT2D eigenvalue weighted by Crippen LogP contribution is 2.29. The Bertz CT molecular complexity index is 660. The lowest BCUT2D eigenvalue weighted by molar-refractivity contribution is -0.384. The van der Waals surface area contributed by atoms with E-state index in [1.165, 1.54) is 7.11 Å². The summed E-state index contributed by atoms with van der Waals surface area (Å²) in [4.78, 5) is 10.0. The molecule has 2 aromatic rings. The molecule has 7 heteroatoms. The van der Waals surface area contributed by atoms with Gasteiger partial charge in [0.2, 0.25) is 0 Å². The minimum Gasteiger partial charge on any atom is -0.497 e. The van der Waals surface area contributed by atoms with Crippen molar-refractivity contribution in [2.75, 3.05) is 12.4 Å². The first-order valence-corrected chi connectivity index (χ1v) is 6.01. The van der Waals surface area contributed by atoms with Gasteiger partial charge in [-0.2, -0.15) is 0 Å². The fourth-order valence-electron chi connectivity index (χ4n) is 1.81. The predicted molar refractivity (Wildman–Crippen MR) is 73.3 cm³/mol. The van der Waals surface area contributed by atoms with E-state index in [1.807, 2.05) is 0 Å². The van der Waals surface area contributed by atoms with Gasteiger partial charge in [0.25, 0.3) is 5.69 Å². The summed E-state index contributed by atoms with van der Waals surface area (Å²) in [6.45, 7) is 0.160. The van der Waals surface area contributed by atoms with E-state index in [1.54, 1.807) is 24.3 Å². The SMILES string of the molecule is COc1ccc(CNc2c(F)cc(F)cc2[N+](=O)[O-])cc1. The maximum atomic E-state index is 13.7. The van der Waals surface area contributed by atoms with Gasteiger partial charge in [0, 0.05) is 12.6 Å². The van der Waals surface area contributed by atoms with Crippen molar-refractivity contribution in [3.63, 3.8) is 0 Å². The number of benzene rings is 2. The summed E-state index contributed by atoms with van der Waals surface area (Å²) in [5, 5.41) is 13.5. The van der Waals surface area contributed by atoms with Crippen LogP contribution in [-0.4, -0.2) is 12.0 Å². The summed E-state index contributed by atoms with van der Waals surface area (Å²) in [6, 6.07) is 8.18. The van der Waals surface area contributed by atoms with Crippen LogP contribution in [0.1, 0.15) is 5.56 Å². The molecule has 2 aromatic carbocycles. The second kappa shape index (κ2) is 6.17. The standard InChI is InChI=1S/C14H12F2N2O3/c1-21-11-4-2-9(3-5-11)8-17-14-12(16)6-10(15)7-13(14)18(19)20/h2-7,17H,8H2,1H3. The molecule has 0 aromatic heterocycles. The second-order valence-corrected chi connectivity index (χ2v) is 4.24. The third-order valence-corrected chi connectivity index (χ3v) is 2.86. The largest absolute Gasteiger partial charge is 0.497 e. The minimum absolute atomic E-state index is 0.160. The first-order chi connectivity index (χ1) is 10.0. The van der Waals surface area contributed by atoms with Gasteiger partial charge in [-0.3, -0.25) is 10.1 Å². The molecule has 0 saturated heterocycles. The number of anilines is 1. The second-order valence-electron chi connectivity index (χ2n) is 4.24. The summed E-state index contributed by atoms with van der Waals surface area (Å²) < 4.78 is 31.7. The number of nitrogens with zero attached hydrogens (tertiary/aromatic N) is 1. The van der Waals surface area contributed by atoms with Crippen molar-refractivity contribution in [2.24, 2.45) is 0 Å². The molecule has 1 N–H and O–H groups in total. The van der Waals surface area contributed by atoms with Crippen LogP contribution in [0.4, 0.5) is 20.2 Å². The van der Waals surface area contributed by atoms with Crippen LogP contribution in [0.25, 0.3) is 0 Å². The van der Waals surface area contributed by atoms with Crippen LogP contribution >= 0.6 is 0 Å². The average molecular weight is 294 g/mol. The van der Waals surface area contributed by atoms with Crippen LogP contribution in [-0.2, 0) is 6.54 Å². The van der Waals surface area contributed by atoms with Gasteiger partial charge >= 0.3 is 0 Å². The van der Waals surface area contributed by atoms with E-state index in [9.17, 15) is 18.9 Å². The number of nitro benzene ring substituents is 1. The van der Waals surface area contributed by atoms with Crippen molar-refractivity contribution in [3.05, 3.63) is 63.7 Å². The number of hydrogen-bond donors (Lipinski definition) is 1. The highest BCUT2D eigenvalue weighted by atomic mass is 19.1. The van der Waals surface area contributed by atoms with Gasteiger partial charge in [0.1, 0.15) is 17.3 Å². The summed E-state index contributed by atoms with van der Waals surface area (Å²) >= 11 is 0. The lowest BCUT2D eigenvalue weighted by atomic mass is 10.2. The van der Waals surface area contributed by atoms with E-state index in [-0.39, 0.29) is 12.2 Å². The van der Waals surface area contributed by atoms with Crippen molar-refractivity contribution >= 4 is 11.4 Å². The highest BCUT2D eigenvalue weighted by molar-refractivity contribution is 5.62. The molecule has 21 heavy (non-hydrogen) atoms. The number of rotatable bonds is 5. The predicted octanol–water partition coefficient (Wildman–Crippen LogP) is 3.49. The summed E-state index contributed by atoms with van der Waals surface area (Å²) in [6.07, 6.45) is 0. The monoisotopic (exact) mass is 294 g/mol. The topological polar surface area (TPSA) is 64.4 Å². The van der Waals surface area contributed by atoms with Gasteiger partial charge in [-0.25, -0.2) is 8.78 Å². The first-order valence-electron chi connectivity index (χ1n) is 6.01. The maximum Gasteiger partial charge on any atom is 0.298 e. The number of methoxy groups -OCH3 is 1. The van der Waals surface area contributed by atoms with Crippen molar-refractivity contribution in [2.45, 2.75) is 6.54 Å². The van der Waals surface area contributed by atoms with Crippen LogP contribution in [0.3, 0.4) is 0 Å². The number of nitro groups is 1. The van der Waals surface area contributed by atoms with Crippen LogP contribution in [0, 0.1) is 21.7 Å². The number of nitrogens with one attached hydrogen (secondary N) is 1. The Hall–Kier alpha value is -2.70. The molecule has 0 atom stereocenters. The van der Waals surface area contributed by atoms with Gasteiger partial charge in [0.05, 0.1) is 18.1 Å². The lowest BCUT2D eigenvalue weighted by Gasteiger charge is -2.09. The van der Waals surface area contributed by atoms with E-state index in [0.717, 1.165) is 5.56 Å². The van der Waals surface area contributed by atoms with Crippen LogP contribution in [0.15, 0.2) is 36.4 Å². The molecule has 0 aliphatic heterocycles. The first kappa shape index (κ1) is 14.7. The minimum atomic E-state index is -1.00. The fourth-order valence-corrected chi connectivity index (χ4v) is 1.81. The van der Waals surface area contributed by atoms with E-state index in [2.05, 4.69) is 5.32 Å². The van der Waals surface area contributed by atoms with Crippen molar-refractivity contribution < 1.29 is 18.4 Å². The molecule has 0 fully saturated rings. The molecule has 110 valence electrons. The quantitative estimate of drug-likeness (QED) is 0.677. The molecule has 0 saturated carbocycles. The molecule has 0 aliphatic rings. The summed E-state index contributed by atoms with van der Waals surface area (Å²) in [5.74, 6) is -1.33. The fraction of sp³-hybridized carbons (Fsp3) is 0.143. The van der Waals surface area contributed by atoms with Gasteiger partial charge in [-0.05, 0) is 17.7 Å². The van der Waals surface area contributed by atoms with Gasteiger partial charge in [-0.15, -0.1) is 0 Å². The highest BCUT2D eigenvalue weighted by Gasteiger charge is 2.20. The number of hydrogen-bond acceptors (Lipinski definition) is 4. The Morgan fingerprint density at radius 2 is 1.90 bits per heavy atom. The Morgan fingerprint density at radius 1 is 1.24 bits per heavy atom. The molecule has 5 nitrogen and oxygen atoms in total. The smallest absolute Gasteiger partial charge is 0.298 e. The van der Waals surface area contributed by atoms with Gasteiger partial charge in [0.15, 0.2) is 5.82 Å². The van der Waals surface area contributed by atoms with Crippen LogP contribution < -0.4 is 10.1 Å². The zero-order chi connectivity index (χ0) is 15.4. The molecule has 0 unspecified atom stereocenters. The van der Waals surface area contributed by atoms with Crippen molar-refractivity contribution in [1.82, 2.24) is 0 Å². The molecular weight excluding hydrogens is 282 g/mol. The zero-order valence-electron chi connectivity index (χ0n) is 11.1. The molecule has 0 radical (unpaired) electrons. The van der Waals surface area contributed by atoms with Crippen LogP contribution in [0.2, 0.25) is 0 Å². The Morgan fingerprint density at radius 3 is 2.48 bits per heavy atom. The summed E-state index contributed by atoms with van der Waals surface area (Å²) in [5.41, 5.74) is -0.202. The summed E-state index contributed by atoms with van der Waals surface area (Å²) in [7, 11) is 1.53. The van der Waals surface area contributed by atoms with Crippen molar-refractivity contribution in [3.8, 4) is 5.75 Å². The third-order valence-electron chi connectivity index (χ3n) is 2.86.